The molecule has 0 atom stereocenters. The second kappa shape index (κ2) is 6.05. The number of carbonyl (C=O) groups is 1. The molecule has 0 spiro atoms. The van der Waals surface area contributed by atoms with Crippen LogP contribution in [0.4, 0.5) is 10.1 Å². The Hall–Kier alpha value is -3.48. The third kappa shape index (κ3) is 2.97. The highest BCUT2D eigenvalue weighted by molar-refractivity contribution is 6.06. The number of halogens is 1. The molecule has 0 saturated heterocycles. The second-order valence-electron chi connectivity index (χ2n) is 6.74. The Kier molecular flexibility index (Phi) is 3.53. The van der Waals surface area contributed by atoms with Crippen LogP contribution in [0.5, 0.6) is 0 Å². The largest absolute Gasteiger partial charge is 0.350 e. The molecule has 2 heterocycles. The zero-order valence-corrected chi connectivity index (χ0v) is 14.3. The molecular formula is C20H16FN5O. The number of anilines is 1. The van der Waals surface area contributed by atoms with Crippen LogP contribution in [0.1, 0.15) is 35.1 Å². The summed E-state index contributed by atoms with van der Waals surface area (Å²) in [6.45, 7) is 0. The Balaban J connectivity index is 1.39. The summed E-state index contributed by atoms with van der Waals surface area (Å²) in [6, 6.07) is 13.6. The number of aromatic amines is 2. The van der Waals surface area contributed by atoms with Gasteiger partial charge in [0.1, 0.15) is 17.3 Å². The predicted octanol–water partition coefficient (Wildman–Crippen LogP) is 4.22. The zero-order chi connectivity index (χ0) is 18.4. The van der Waals surface area contributed by atoms with Crippen molar-refractivity contribution in [3.63, 3.8) is 0 Å². The molecule has 6 nitrogen and oxygen atoms in total. The lowest BCUT2D eigenvalue weighted by Crippen LogP contribution is -2.12. The molecule has 0 bridgehead atoms. The molecule has 3 N–H and O–H groups in total. The lowest BCUT2D eigenvalue weighted by molar-refractivity contribution is 0.102. The van der Waals surface area contributed by atoms with E-state index in [1.165, 1.54) is 12.1 Å². The fraction of sp³-hybridized carbons (Fsp3) is 0.150. The Bertz CT molecular complexity index is 1160. The summed E-state index contributed by atoms with van der Waals surface area (Å²) < 4.78 is 13.8. The molecule has 1 fully saturated rings. The summed E-state index contributed by atoms with van der Waals surface area (Å²) in [5, 5.41) is 10.5. The molecule has 1 aliphatic carbocycles. The Morgan fingerprint density at radius 1 is 1.15 bits per heavy atom. The molecule has 4 aromatic rings. The van der Waals surface area contributed by atoms with Crippen LogP contribution in [-0.2, 0) is 0 Å². The van der Waals surface area contributed by atoms with Crippen LogP contribution < -0.4 is 5.32 Å². The lowest BCUT2D eigenvalue weighted by Gasteiger charge is -2.05. The standard InChI is InChI=1S/C20H16FN5O/c21-15-5-2-6-16-14(15)10-17(23-16)20(27)22-13-4-1-3-12(9-13)19-24-18(25-26-19)11-7-8-11/h1-6,9-11,23H,7-8H2,(H,22,27)(H,24,25,26). The van der Waals surface area contributed by atoms with E-state index in [1.807, 2.05) is 18.2 Å². The number of nitrogens with zero attached hydrogens (tertiary/aromatic N) is 2. The number of hydrogen-bond acceptors (Lipinski definition) is 3. The first-order chi connectivity index (χ1) is 13.2. The molecule has 1 aliphatic rings. The van der Waals surface area contributed by atoms with Gasteiger partial charge in [0.2, 0.25) is 0 Å². The van der Waals surface area contributed by atoms with Crippen LogP contribution in [0.15, 0.2) is 48.5 Å². The lowest BCUT2D eigenvalue weighted by atomic mass is 10.2. The summed E-state index contributed by atoms with van der Waals surface area (Å²) >= 11 is 0. The minimum Gasteiger partial charge on any atom is -0.350 e. The number of benzene rings is 2. The van der Waals surface area contributed by atoms with Crippen molar-refractivity contribution < 1.29 is 9.18 Å². The topological polar surface area (TPSA) is 86.5 Å². The third-order valence-corrected chi connectivity index (χ3v) is 4.70. The van der Waals surface area contributed by atoms with Crippen LogP contribution in [0.3, 0.4) is 0 Å². The van der Waals surface area contributed by atoms with Crippen molar-refractivity contribution in [1.29, 1.82) is 0 Å². The van der Waals surface area contributed by atoms with Gasteiger partial charge in [-0.2, -0.15) is 5.10 Å². The molecule has 1 amide bonds. The molecule has 5 rings (SSSR count). The first kappa shape index (κ1) is 15.7. The number of nitrogens with one attached hydrogen (secondary N) is 3. The number of amides is 1. The van der Waals surface area contributed by atoms with Crippen molar-refractivity contribution >= 4 is 22.5 Å². The molecule has 0 unspecified atom stereocenters. The molecule has 27 heavy (non-hydrogen) atoms. The highest BCUT2D eigenvalue weighted by Crippen LogP contribution is 2.38. The van der Waals surface area contributed by atoms with E-state index in [0.29, 0.717) is 34.0 Å². The minimum atomic E-state index is -0.360. The van der Waals surface area contributed by atoms with Gasteiger partial charge in [0.15, 0.2) is 5.82 Å². The molecule has 7 heteroatoms. The smallest absolute Gasteiger partial charge is 0.272 e. The number of hydrogen-bond donors (Lipinski definition) is 3. The van der Waals surface area contributed by atoms with Crippen LogP contribution >= 0.6 is 0 Å². The maximum absolute atomic E-state index is 13.8. The average molecular weight is 361 g/mol. The van der Waals surface area contributed by atoms with E-state index in [4.69, 9.17) is 0 Å². The third-order valence-electron chi connectivity index (χ3n) is 4.70. The van der Waals surface area contributed by atoms with E-state index in [1.54, 1.807) is 18.2 Å². The highest BCUT2D eigenvalue weighted by Gasteiger charge is 2.27. The van der Waals surface area contributed by atoms with E-state index < -0.39 is 0 Å². The Morgan fingerprint density at radius 3 is 2.81 bits per heavy atom. The molecule has 134 valence electrons. The van der Waals surface area contributed by atoms with Crippen molar-refractivity contribution in [2.45, 2.75) is 18.8 Å². The van der Waals surface area contributed by atoms with Gasteiger partial charge in [0.25, 0.3) is 5.91 Å². The number of rotatable bonds is 4. The van der Waals surface area contributed by atoms with Gasteiger partial charge in [-0.15, -0.1) is 0 Å². The van der Waals surface area contributed by atoms with Gasteiger partial charge in [-0.3, -0.25) is 9.89 Å². The summed E-state index contributed by atoms with van der Waals surface area (Å²) in [4.78, 5) is 20.0. The average Bonchev–Trinajstić information content (AvgIpc) is 3.23. The maximum Gasteiger partial charge on any atom is 0.272 e. The van der Waals surface area contributed by atoms with Gasteiger partial charge in [-0.25, -0.2) is 9.37 Å². The fourth-order valence-corrected chi connectivity index (χ4v) is 3.12. The second-order valence-corrected chi connectivity index (χ2v) is 6.74. The summed E-state index contributed by atoms with van der Waals surface area (Å²) in [6.07, 6.45) is 2.30. The summed E-state index contributed by atoms with van der Waals surface area (Å²) in [7, 11) is 0. The SMILES string of the molecule is O=C(Nc1cccc(-c2n[nH]c(C3CC3)n2)c1)c1cc2c(F)cccc2[nH]1. The fourth-order valence-electron chi connectivity index (χ4n) is 3.12. The van der Waals surface area contributed by atoms with Gasteiger partial charge >= 0.3 is 0 Å². The van der Waals surface area contributed by atoms with Crippen LogP contribution in [0, 0.1) is 5.82 Å². The molecule has 0 radical (unpaired) electrons. The van der Waals surface area contributed by atoms with Gasteiger partial charge < -0.3 is 10.3 Å². The summed E-state index contributed by atoms with van der Waals surface area (Å²) in [5.74, 6) is 1.33. The molecular weight excluding hydrogens is 345 g/mol. The zero-order valence-electron chi connectivity index (χ0n) is 14.3. The quantitative estimate of drug-likeness (QED) is 0.509. The van der Waals surface area contributed by atoms with E-state index in [2.05, 4.69) is 25.5 Å². The van der Waals surface area contributed by atoms with E-state index >= 15 is 0 Å². The maximum atomic E-state index is 13.8. The normalized spacial score (nSPS) is 13.8. The molecule has 1 saturated carbocycles. The van der Waals surface area contributed by atoms with Crippen LogP contribution in [-0.4, -0.2) is 26.1 Å². The first-order valence-corrected chi connectivity index (χ1v) is 8.79. The molecule has 2 aromatic heterocycles. The van der Waals surface area contributed by atoms with E-state index in [0.717, 1.165) is 24.2 Å². The van der Waals surface area contributed by atoms with Crippen molar-refractivity contribution in [1.82, 2.24) is 20.2 Å². The number of carbonyl (C=O) groups excluding carboxylic acids is 1. The van der Waals surface area contributed by atoms with Crippen molar-refractivity contribution in [3.05, 3.63) is 65.9 Å². The highest BCUT2D eigenvalue weighted by atomic mass is 19.1. The number of fused-ring (bicyclic) bond motifs is 1. The number of H-pyrrole nitrogens is 2. The first-order valence-electron chi connectivity index (χ1n) is 8.79. The Morgan fingerprint density at radius 2 is 2.00 bits per heavy atom. The molecule has 0 aliphatic heterocycles. The van der Waals surface area contributed by atoms with E-state index in [-0.39, 0.29) is 11.7 Å². The van der Waals surface area contributed by atoms with Crippen molar-refractivity contribution in [2.75, 3.05) is 5.32 Å². The Labute approximate surface area is 153 Å². The van der Waals surface area contributed by atoms with Crippen molar-refractivity contribution in [3.8, 4) is 11.4 Å². The van der Waals surface area contributed by atoms with Gasteiger partial charge in [-0.05, 0) is 43.2 Å². The molecule has 2 aromatic carbocycles. The predicted molar refractivity (Wildman–Crippen MR) is 100 cm³/mol. The van der Waals surface area contributed by atoms with Gasteiger partial charge in [0.05, 0.1) is 0 Å². The van der Waals surface area contributed by atoms with Gasteiger partial charge in [-0.1, -0.05) is 18.2 Å². The monoisotopic (exact) mass is 361 g/mol. The minimum absolute atomic E-state index is 0.300. The van der Waals surface area contributed by atoms with Crippen LogP contribution in [0.2, 0.25) is 0 Å². The van der Waals surface area contributed by atoms with Gasteiger partial charge in [0, 0.05) is 28.1 Å². The van der Waals surface area contributed by atoms with E-state index in [9.17, 15) is 9.18 Å². The summed E-state index contributed by atoms with van der Waals surface area (Å²) in [5.41, 5.74) is 2.32. The van der Waals surface area contributed by atoms with Crippen molar-refractivity contribution in [2.24, 2.45) is 0 Å². The number of aromatic nitrogens is 4. The van der Waals surface area contributed by atoms with Crippen LogP contribution in [0.25, 0.3) is 22.3 Å².